The largest absolute Gasteiger partial charge is 0.354 e. The molecule has 162 valence electrons. The fraction of sp³-hybridized carbons (Fsp3) is 0.200. The van der Waals surface area contributed by atoms with E-state index in [1.54, 1.807) is 34.4 Å². The molecule has 1 saturated heterocycles. The SMILES string of the molecule is O=C1NCCN(C(=O)c2cc3c(F)cccc3[nH]2)C[C@H]1Cc1ccccc1-c1cccs1. The van der Waals surface area contributed by atoms with E-state index in [0.29, 0.717) is 42.7 Å². The minimum atomic E-state index is -0.372. The number of nitrogens with one attached hydrogen (secondary N) is 2. The van der Waals surface area contributed by atoms with E-state index in [-0.39, 0.29) is 23.5 Å². The maximum absolute atomic E-state index is 14.1. The Labute approximate surface area is 188 Å². The lowest BCUT2D eigenvalue weighted by atomic mass is 9.94. The number of benzene rings is 2. The topological polar surface area (TPSA) is 65.2 Å². The molecular formula is C25H22FN3O2S. The van der Waals surface area contributed by atoms with Crippen LogP contribution < -0.4 is 5.32 Å². The number of hydrogen-bond acceptors (Lipinski definition) is 3. The molecule has 5 rings (SSSR count). The lowest BCUT2D eigenvalue weighted by Gasteiger charge is -2.23. The van der Waals surface area contributed by atoms with Gasteiger partial charge in [-0.1, -0.05) is 36.4 Å². The number of halogens is 1. The number of thiophene rings is 1. The predicted octanol–water partition coefficient (Wildman–Crippen LogP) is 4.47. The summed E-state index contributed by atoms with van der Waals surface area (Å²) in [6, 6.07) is 18.4. The number of amides is 2. The smallest absolute Gasteiger partial charge is 0.270 e. The van der Waals surface area contributed by atoms with Crippen LogP contribution in [-0.4, -0.2) is 41.3 Å². The molecule has 2 aromatic heterocycles. The number of carbonyl (C=O) groups excluding carboxylic acids is 2. The third-order valence-electron chi connectivity index (χ3n) is 5.89. The van der Waals surface area contributed by atoms with Crippen LogP contribution in [0.4, 0.5) is 4.39 Å². The molecule has 0 spiro atoms. The molecule has 4 aromatic rings. The highest BCUT2D eigenvalue weighted by Gasteiger charge is 2.29. The zero-order valence-electron chi connectivity index (χ0n) is 17.3. The van der Waals surface area contributed by atoms with Gasteiger partial charge < -0.3 is 15.2 Å². The van der Waals surface area contributed by atoms with E-state index in [4.69, 9.17) is 0 Å². The van der Waals surface area contributed by atoms with Crippen molar-refractivity contribution in [2.75, 3.05) is 19.6 Å². The highest BCUT2D eigenvalue weighted by atomic mass is 32.1. The van der Waals surface area contributed by atoms with Crippen LogP contribution in [0.3, 0.4) is 0 Å². The van der Waals surface area contributed by atoms with Crippen LogP contribution in [0, 0.1) is 11.7 Å². The summed E-state index contributed by atoms with van der Waals surface area (Å²) in [6.07, 6.45) is 0.533. The Bertz CT molecular complexity index is 1280. The Morgan fingerprint density at radius 2 is 2.00 bits per heavy atom. The quantitative estimate of drug-likeness (QED) is 0.485. The molecule has 0 bridgehead atoms. The minimum Gasteiger partial charge on any atom is -0.354 e. The van der Waals surface area contributed by atoms with Gasteiger partial charge in [0.2, 0.25) is 5.91 Å². The monoisotopic (exact) mass is 447 g/mol. The second-order valence-electron chi connectivity index (χ2n) is 7.96. The maximum Gasteiger partial charge on any atom is 0.270 e. The van der Waals surface area contributed by atoms with Crippen molar-refractivity contribution >= 4 is 34.1 Å². The van der Waals surface area contributed by atoms with E-state index >= 15 is 0 Å². The van der Waals surface area contributed by atoms with Crippen molar-refractivity contribution < 1.29 is 14.0 Å². The first-order valence-corrected chi connectivity index (χ1v) is 11.4. The van der Waals surface area contributed by atoms with Gasteiger partial charge in [-0.2, -0.15) is 0 Å². The van der Waals surface area contributed by atoms with Crippen LogP contribution in [0.2, 0.25) is 0 Å². The molecule has 2 amide bonds. The highest BCUT2D eigenvalue weighted by Crippen LogP contribution is 2.30. The third-order valence-corrected chi connectivity index (χ3v) is 6.79. The van der Waals surface area contributed by atoms with Crippen molar-refractivity contribution in [3.8, 4) is 10.4 Å². The first-order chi connectivity index (χ1) is 15.6. The van der Waals surface area contributed by atoms with Gasteiger partial charge in [-0.25, -0.2) is 4.39 Å². The molecule has 0 unspecified atom stereocenters. The molecule has 0 saturated carbocycles. The molecule has 7 heteroatoms. The van der Waals surface area contributed by atoms with Gasteiger partial charge in [0.1, 0.15) is 11.5 Å². The first-order valence-electron chi connectivity index (χ1n) is 10.6. The molecule has 1 fully saturated rings. The van der Waals surface area contributed by atoms with Gasteiger partial charge in [0.15, 0.2) is 0 Å². The molecule has 1 aliphatic rings. The van der Waals surface area contributed by atoms with Crippen molar-refractivity contribution in [2.24, 2.45) is 5.92 Å². The van der Waals surface area contributed by atoms with Crippen molar-refractivity contribution in [3.63, 3.8) is 0 Å². The van der Waals surface area contributed by atoms with Gasteiger partial charge in [0, 0.05) is 35.4 Å². The van der Waals surface area contributed by atoms with Crippen LogP contribution in [-0.2, 0) is 11.2 Å². The van der Waals surface area contributed by atoms with Crippen LogP contribution in [0.15, 0.2) is 66.0 Å². The molecule has 0 radical (unpaired) electrons. The number of carbonyl (C=O) groups is 2. The summed E-state index contributed by atoms with van der Waals surface area (Å²) in [5.41, 5.74) is 3.11. The molecule has 5 nitrogen and oxygen atoms in total. The van der Waals surface area contributed by atoms with Gasteiger partial charge in [-0.05, 0) is 47.2 Å². The summed E-state index contributed by atoms with van der Waals surface area (Å²) in [6.45, 7) is 1.11. The van der Waals surface area contributed by atoms with Crippen LogP contribution in [0.25, 0.3) is 21.3 Å². The molecule has 32 heavy (non-hydrogen) atoms. The first kappa shape index (κ1) is 20.5. The number of H-pyrrole nitrogens is 1. The number of hydrogen-bond donors (Lipinski definition) is 2. The van der Waals surface area contributed by atoms with E-state index in [1.807, 2.05) is 29.6 Å². The summed E-state index contributed by atoms with van der Waals surface area (Å²) in [7, 11) is 0. The number of rotatable bonds is 4. The Kier molecular flexibility index (Phi) is 5.49. The van der Waals surface area contributed by atoms with E-state index < -0.39 is 0 Å². The fourth-order valence-electron chi connectivity index (χ4n) is 4.28. The average Bonchev–Trinajstić information content (AvgIpc) is 3.45. The second-order valence-corrected chi connectivity index (χ2v) is 8.91. The predicted molar refractivity (Wildman–Crippen MR) is 124 cm³/mol. The van der Waals surface area contributed by atoms with Crippen molar-refractivity contribution in [2.45, 2.75) is 6.42 Å². The van der Waals surface area contributed by atoms with E-state index in [0.717, 1.165) is 16.0 Å². The maximum atomic E-state index is 14.1. The normalized spacial score (nSPS) is 16.7. The number of aromatic nitrogens is 1. The van der Waals surface area contributed by atoms with Crippen molar-refractivity contribution in [3.05, 3.63) is 83.1 Å². The van der Waals surface area contributed by atoms with Gasteiger partial charge in [-0.15, -0.1) is 11.3 Å². The van der Waals surface area contributed by atoms with E-state index in [2.05, 4.69) is 22.4 Å². The molecule has 2 aromatic carbocycles. The minimum absolute atomic E-state index is 0.0519. The number of fused-ring (bicyclic) bond motifs is 1. The van der Waals surface area contributed by atoms with Gasteiger partial charge in [0.25, 0.3) is 5.91 Å². The van der Waals surface area contributed by atoms with Gasteiger partial charge in [-0.3, -0.25) is 9.59 Å². The van der Waals surface area contributed by atoms with Crippen LogP contribution in [0.1, 0.15) is 16.1 Å². The van der Waals surface area contributed by atoms with E-state index in [9.17, 15) is 14.0 Å². The number of nitrogens with zero attached hydrogens (tertiary/aromatic N) is 1. The highest BCUT2D eigenvalue weighted by molar-refractivity contribution is 7.13. The summed E-state index contributed by atoms with van der Waals surface area (Å²) in [4.78, 5) is 31.9. The Hall–Kier alpha value is -3.45. The third kappa shape index (κ3) is 3.91. The Morgan fingerprint density at radius 1 is 1.12 bits per heavy atom. The fourth-order valence-corrected chi connectivity index (χ4v) is 5.07. The van der Waals surface area contributed by atoms with Crippen LogP contribution in [0.5, 0.6) is 0 Å². The Morgan fingerprint density at radius 3 is 2.81 bits per heavy atom. The summed E-state index contributed by atoms with van der Waals surface area (Å²) in [5, 5.41) is 5.37. The average molecular weight is 448 g/mol. The second kappa shape index (κ2) is 8.59. The zero-order chi connectivity index (χ0) is 22.1. The lowest BCUT2D eigenvalue weighted by Crippen LogP contribution is -2.37. The summed E-state index contributed by atoms with van der Waals surface area (Å²) in [5.74, 6) is -1.02. The van der Waals surface area contributed by atoms with Gasteiger partial charge >= 0.3 is 0 Å². The molecule has 3 heterocycles. The van der Waals surface area contributed by atoms with Crippen molar-refractivity contribution in [1.29, 1.82) is 0 Å². The summed E-state index contributed by atoms with van der Waals surface area (Å²) >= 11 is 1.66. The zero-order valence-corrected chi connectivity index (χ0v) is 18.1. The molecule has 2 N–H and O–H groups in total. The van der Waals surface area contributed by atoms with Gasteiger partial charge in [0.05, 0.1) is 5.92 Å². The molecule has 0 aliphatic carbocycles. The van der Waals surface area contributed by atoms with E-state index in [1.165, 1.54) is 6.07 Å². The standard InChI is InChI=1S/C25H22FN3O2S/c26-20-7-3-8-21-19(20)14-22(28-21)25(31)29-11-10-27-24(30)17(15-29)13-16-5-1-2-6-18(16)23-9-4-12-32-23/h1-9,12,14,17,28H,10-11,13,15H2,(H,27,30)/t17-/m1/s1. The van der Waals surface area contributed by atoms with Crippen molar-refractivity contribution in [1.82, 2.24) is 15.2 Å². The molecule has 1 atom stereocenters. The molecular weight excluding hydrogens is 425 g/mol. The van der Waals surface area contributed by atoms with Crippen LogP contribution >= 0.6 is 11.3 Å². The summed E-state index contributed by atoms with van der Waals surface area (Å²) < 4.78 is 14.1. The Balaban J connectivity index is 1.40. The number of aromatic amines is 1. The molecule has 1 aliphatic heterocycles. The lowest BCUT2D eigenvalue weighted by molar-refractivity contribution is -0.124.